The Kier molecular flexibility index (Phi) is 4.79. The third kappa shape index (κ3) is 3.34. The van der Waals surface area contributed by atoms with E-state index in [2.05, 4.69) is 25.1 Å². The zero-order valence-corrected chi connectivity index (χ0v) is 10.3. The van der Waals surface area contributed by atoms with Crippen molar-refractivity contribution in [3.05, 3.63) is 61.5 Å². The summed E-state index contributed by atoms with van der Waals surface area (Å²) < 4.78 is 10.9. The van der Waals surface area contributed by atoms with E-state index in [9.17, 15) is 0 Å². The molecule has 93 valence electrons. The lowest BCUT2D eigenvalue weighted by molar-refractivity contribution is 0.120. The summed E-state index contributed by atoms with van der Waals surface area (Å²) in [5, 5.41) is 0. The summed E-state index contributed by atoms with van der Waals surface area (Å²) in [7, 11) is 0. The third-order valence-electron chi connectivity index (χ3n) is 2.60. The summed E-state index contributed by atoms with van der Waals surface area (Å²) in [6, 6.07) is 18.2. The minimum Gasteiger partial charge on any atom is -0.491 e. The second kappa shape index (κ2) is 6.82. The smallest absolute Gasteiger partial charge is 0.127 e. The Balaban J connectivity index is 2.11. The molecule has 0 N–H and O–H groups in total. The molecule has 1 radical (unpaired) electrons. The van der Waals surface area contributed by atoms with Crippen LogP contribution in [0.25, 0.3) is 11.1 Å². The number of para-hydroxylation sites is 1. The molecule has 0 unspecified atom stereocenters. The van der Waals surface area contributed by atoms with Gasteiger partial charge in [0, 0.05) is 12.2 Å². The van der Waals surface area contributed by atoms with Crippen molar-refractivity contribution in [1.82, 2.24) is 0 Å². The van der Waals surface area contributed by atoms with Crippen molar-refractivity contribution in [1.29, 1.82) is 0 Å². The summed E-state index contributed by atoms with van der Waals surface area (Å²) in [5.41, 5.74) is 2.26. The third-order valence-corrected chi connectivity index (χ3v) is 2.60. The predicted octanol–water partition coefficient (Wildman–Crippen LogP) is 3.58. The van der Waals surface area contributed by atoms with Gasteiger partial charge < -0.3 is 9.47 Å². The monoisotopic (exact) mass is 241 g/mol. The molecule has 2 aromatic carbocycles. The maximum absolute atomic E-state index is 5.74. The van der Waals surface area contributed by atoms with Gasteiger partial charge in [-0.2, -0.15) is 0 Å². The minimum absolute atomic E-state index is 0.476. The van der Waals surface area contributed by atoms with Crippen molar-refractivity contribution < 1.29 is 9.47 Å². The van der Waals surface area contributed by atoms with Crippen LogP contribution >= 0.6 is 0 Å². The van der Waals surface area contributed by atoms with Gasteiger partial charge in [0.25, 0.3) is 0 Å². The summed E-state index contributed by atoms with van der Waals surface area (Å²) >= 11 is 0. The summed E-state index contributed by atoms with van der Waals surface area (Å²) in [4.78, 5) is 0. The Morgan fingerprint density at radius 1 is 0.833 bits per heavy atom. The minimum atomic E-state index is 0.476. The second-order valence-electron chi connectivity index (χ2n) is 3.82. The van der Waals surface area contributed by atoms with Gasteiger partial charge in [-0.25, -0.2) is 0 Å². The first-order chi connectivity index (χ1) is 8.92. The Morgan fingerprint density at radius 2 is 1.56 bits per heavy atom. The first kappa shape index (κ1) is 12.7. The van der Waals surface area contributed by atoms with Gasteiger partial charge in [0.2, 0.25) is 0 Å². The highest BCUT2D eigenvalue weighted by atomic mass is 16.5. The molecule has 0 saturated carbocycles. The maximum atomic E-state index is 5.74. The molecule has 0 amide bonds. The first-order valence-corrected chi connectivity index (χ1v) is 6.06. The lowest BCUT2D eigenvalue weighted by Gasteiger charge is -2.11. The van der Waals surface area contributed by atoms with Crippen molar-refractivity contribution >= 4 is 0 Å². The van der Waals surface area contributed by atoms with Crippen LogP contribution in [0.4, 0.5) is 0 Å². The predicted molar refractivity (Wildman–Crippen MR) is 73.5 cm³/mol. The van der Waals surface area contributed by atoms with Gasteiger partial charge >= 0.3 is 0 Å². The second-order valence-corrected chi connectivity index (χ2v) is 3.82. The van der Waals surface area contributed by atoms with Crippen molar-refractivity contribution in [3.8, 4) is 16.9 Å². The van der Waals surface area contributed by atoms with Gasteiger partial charge in [-0.3, -0.25) is 0 Å². The van der Waals surface area contributed by atoms with E-state index in [0.717, 1.165) is 16.9 Å². The van der Waals surface area contributed by atoms with Gasteiger partial charge in [-0.15, -0.1) is 0 Å². The first-order valence-electron chi connectivity index (χ1n) is 6.06. The van der Waals surface area contributed by atoms with E-state index >= 15 is 0 Å². The fourth-order valence-corrected chi connectivity index (χ4v) is 1.76. The number of ether oxygens (including phenoxy) is 2. The number of benzene rings is 2. The van der Waals surface area contributed by atoms with Gasteiger partial charge in [-0.05, 0) is 18.6 Å². The van der Waals surface area contributed by atoms with E-state index < -0.39 is 0 Å². The molecule has 0 aliphatic heterocycles. The van der Waals surface area contributed by atoms with Crippen molar-refractivity contribution in [2.24, 2.45) is 0 Å². The number of rotatable bonds is 6. The molecule has 18 heavy (non-hydrogen) atoms. The van der Waals surface area contributed by atoms with E-state index in [1.807, 2.05) is 36.4 Å². The van der Waals surface area contributed by atoms with Crippen LogP contribution in [0.1, 0.15) is 0 Å². The SMILES string of the molecule is [CH2]COCCOc1ccccc1-c1ccccc1. The normalized spacial score (nSPS) is 10.3. The highest BCUT2D eigenvalue weighted by Gasteiger charge is 2.04. The van der Waals surface area contributed by atoms with E-state index in [4.69, 9.17) is 9.47 Å². The van der Waals surface area contributed by atoms with Crippen LogP contribution in [0, 0.1) is 6.92 Å². The molecule has 0 spiro atoms. The van der Waals surface area contributed by atoms with Crippen molar-refractivity contribution in [3.63, 3.8) is 0 Å². The van der Waals surface area contributed by atoms with Crippen LogP contribution in [0.2, 0.25) is 0 Å². The summed E-state index contributed by atoms with van der Waals surface area (Å²) in [6.45, 7) is 5.20. The molecule has 0 bridgehead atoms. The van der Waals surface area contributed by atoms with Gasteiger partial charge in [-0.1, -0.05) is 48.5 Å². The topological polar surface area (TPSA) is 18.5 Å². The Hall–Kier alpha value is -1.80. The molecular weight excluding hydrogens is 224 g/mol. The average molecular weight is 241 g/mol. The van der Waals surface area contributed by atoms with E-state index in [0.29, 0.717) is 19.8 Å². The lowest BCUT2D eigenvalue weighted by atomic mass is 10.1. The van der Waals surface area contributed by atoms with E-state index in [-0.39, 0.29) is 0 Å². The molecule has 2 aromatic rings. The van der Waals surface area contributed by atoms with Crippen LogP contribution in [-0.2, 0) is 4.74 Å². The standard InChI is InChI=1S/C16H17O2/c1-2-17-12-13-18-16-11-7-6-10-15(16)14-8-4-3-5-9-14/h3-11H,1-2,12-13H2. The van der Waals surface area contributed by atoms with Crippen LogP contribution in [0.3, 0.4) is 0 Å². The Morgan fingerprint density at radius 3 is 2.33 bits per heavy atom. The molecule has 0 aliphatic rings. The lowest BCUT2D eigenvalue weighted by Crippen LogP contribution is -2.06. The van der Waals surface area contributed by atoms with Gasteiger partial charge in [0.1, 0.15) is 12.4 Å². The molecular formula is C16H17O2. The molecule has 0 fully saturated rings. The fourth-order valence-electron chi connectivity index (χ4n) is 1.76. The van der Waals surface area contributed by atoms with Gasteiger partial charge in [0.15, 0.2) is 0 Å². The summed E-state index contributed by atoms with van der Waals surface area (Å²) in [5.74, 6) is 0.886. The molecule has 0 saturated heterocycles. The van der Waals surface area contributed by atoms with E-state index in [1.54, 1.807) is 0 Å². The number of hydrogen-bond acceptors (Lipinski definition) is 2. The fraction of sp³-hybridized carbons (Fsp3) is 0.188. The molecule has 2 rings (SSSR count). The number of hydrogen-bond donors (Lipinski definition) is 0. The zero-order chi connectivity index (χ0) is 12.6. The van der Waals surface area contributed by atoms with Crippen LogP contribution in [0.5, 0.6) is 5.75 Å². The summed E-state index contributed by atoms with van der Waals surface area (Å²) in [6.07, 6.45) is 0. The maximum Gasteiger partial charge on any atom is 0.127 e. The van der Waals surface area contributed by atoms with Crippen LogP contribution < -0.4 is 4.74 Å². The molecule has 0 aliphatic carbocycles. The molecule has 0 aromatic heterocycles. The highest BCUT2D eigenvalue weighted by Crippen LogP contribution is 2.29. The van der Waals surface area contributed by atoms with Crippen LogP contribution in [0.15, 0.2) is 54.6 Å². The van der Waals surface area contributed by atoms with Gasteiger partial charge in [0.05, 0.1) is 6.61 Å². The van der Waals surface area contributed by atoms with Crippen LogP contribution in [-0.4, -0.2) is 19.8 Å². The molecule has 0 atom stereocenters. The highest BCUT2D eigenvalue weighted by molar-refractivity contribution is 5.70. The quantitative estimate of drug-likeness (QED) is 0.720. The van der Waals surface area contributed by atoms with E-state index in [1.165, 1.54) is 0 Å². The zero-order valence-electron chi connectivity index (χ0n) is 10.3. The Labute approximate surface area is 108 Å². The molecule has 0 heterocycles. The molecule has 2 heteroatoms. The molecule has 2 nitrogen and oxygen atoms in total. The average Bonchev–Trinajstić information content (AvgIpc) is 2.45. The van der Waals surface area contributed by atoms with Crippen molar-refractivity contribution in [2.45, 2.75) is 0 Å². The largest absolute Gasteiger partial charge is 0.491 e. The Bertz CT molecular complexity index is 466. The van der Waals surface area contributed by atoms with Crippen molar-refractivity contribution in [2.75, 3.05) is 19.8 Å².